The molecule has 148 valence electrons. The molecular weight excluding hydrogens is 368 g/mol. The van der Waals surface area contributed by atoms with Crippen molar-refractivity contribution in [1.29, 1.82) is 0 Å². The molecule has 29 heavy (non-hydrogen) atoms. The van der Waals surface area contributed by atoms with Crippen LogP contribution in [0, 0.1) is 15.5 Å². The van der Waals surface area contributed by atoms with Crippen LogP contribution in [-0.2, 0) is 0 Å². The van der Waals surface area contributed by atoms with Crippen molar-refractivity contribution in [3.05, 3.63) is 75.8 Å². The van der Waals surface area contributed by atoms with E-state index in [0.29, 0.717) is 0 Å². The summed E-state index contributed by atoms with van der Waals surface area (Å²) < 4.78 is 0. The Hall–Kier alpha value is -2.94. The predicted molar refractivity (Wildman–Crippen MR) is 111 cm³/mol. The van der Waals surface area contributed by atoms with Crippen LogP contribution in [0.1, 0.15) is 11.1 Å². The van der Waals surface area contributed by atoms with Gasteiger partial charge in [0.1, 0.15) is 0 Å². The summed E-state index contributed by atoms with van der Waals surface area (Å²) in [4.78, 5) is 17.8. The molecule has 2 aromatic rings. The zero-order valence-electron chi connectivity index (χ0n) is 16.0. The fourth-order valence-corrected chi connectivity index (χ4v) is 4.84. The third-order valence-electron chi connectivity index (χ3n) is 5.80. The second-order valence-corrected chi connectivity index (χ2v) is 8.10. The van der Waals surface area contributed by atoms with E-state index in [9.17, 15) is 10.1 Å². The zero-order chi connectivity index (χ0) is 19.8. The van der Waals surface area contributed by atoms with Gasteiger partial charge in [0.25, 0.3) is 5.69 Å². The summed E-state index contributed by atoms with van der Waals surface area (Å²) in [7, 11) is 0. The first-order chi connectivity index (χ1) is 14.1. The van der Waals surface area contributed by atoms with Gasteiger partial charge in [-0.25, -0.2) is 0 Å². The Kier molecular flexibility index (Phi) is 4.46. The average molecular weight is 390 g/mol. The summed E-state index contributed by atoms with van der Waals surface area (Å²) in [5.41, 5.74) is 2.90. The third-order valence-corrected chi connectivity index (χ3v) is 5.80. The summed E-state index contributed by atoms with van der Waals surface area (Å²) in [6, 6.07) is 16.6. The largest absolute Gasteiger partial charge is 0.276 e. The summed E-state index contributed by atoms with van der Waals surface area (Å²) in [5, 5.41) is 19.9. The zero-order valence-corrected chi connectivity index (χ0v) is 16.0. The minimum atomic E-state index is -0.403. The molecule has 4 bridgehead atoms. The lowest BCUT2D eigenvalue weighted by Crippen LogP contribution is -2.74. The lowest BCUT2D eigenvalue weighted by Gasteiger charge is -2.60. The highest BCUT2D eigenvalue weighted by molar-refractivity contribution is 6.05. The fraction of sp³-hybridized carbons (Fsp3) is 0.333. The number of benzene rings is 2. The van der Waals surface area contributed by atoms with Crippen LogP contribution in [0.5, 0.6) is 0 Å². The molecule has 4 saturated heterocycles. The highest BCUT2D eigenvalue weighted by atomic mass is 16.6. The van der Waals surface area contributed by atoms with Crippen LogP contribution in [0.15, 0.2) is 64.8 Å². The Balaban J connectivity index is 1.47. The van der Waals surface area contributed by atoms with Gasteiger partial charge >= 0.3 is 0 Å². The third kappa shape index (κ3) is 3.46. The molecule has 4 aliphatic rings. The molecule has 0 unspecified atom stereocenters. The SMILES string of the molecule is O=[N+]([O-])c1ccc(/C=N\N=C(/c2ccccc2)C23CN4CN(CN(C4)C2)C3)cc1. The van der Waals surface area contributed by atoms with Crippen LogP contribution in [0.2, 0.25) is 0 Å². The van der Waals surface area contributed by atoms with Crippen LogP contribution in [0.4, 0.5) is 5.69 Å². The predicted octanol–water partition coefficient (Wildman–Crippen LogP) is 2.22. The van der Waals surface area contributed by atoms with Gasteiger partial charge in [0.2, 0.25) is 0 Å². The van der Waals surface area contributed by atoms with E-state index in [-0.39, 0.29) is 11.1 Å². The topological polar surface area (TPSA) is 77.6 Å². The van der Waals surface area contributed by atoms with Crippen molar-refractivity contribution in [2.24, 2.45) is 15.6 Å². The Bertz CT molecular complexity index is 935. The van der Waals surface area contributed by atoms with Crippen molar-refractivity contribution in [3.63, 3.8) is 0 Å². The molecule has 6 rings (SSSR count). The number of nitro benzene ring substituents is 1. The van der Waals surface area contributed by atoms with Crippen molar-refractivity contribution in [3.8, 4) is 0 Å². The van der Waals surface area contributed by atoms with E-state index in [1.807, 2.05) is 18.2 Å². The maximum Gasteiger partial charge on any atom is 0.269 e. The van der Waals surface area contributed by atoms with Crippen LogP contribution in [0.25, 0.3) is 0 Å². The molecule has 0 aromatic heterocycles. The minimum absolute atomic E-state index is 0.0665. The van der Waals surface area contributed by atoms with Gasteiger partial charge in [-0.3, -0.25) is 24.8 Å². The molecular formula is C21H22N6O2. The van der Waals surface area contributed by atoms with Gasteiger partial charge < -0.3 is 0 Å². The molecule has 8 nitrogen and oxygen atoms in total. The van der Waals surface area contributed by atoms with Crippen molar-refractivity contribution >= 4 is 17.6 Å². The Morgan fingerprint density at radius 3 is 2.07 bits per heavy atom. The Morgan fingerprint density at radius 2 is 1.52 bits per heavy atom. The Morgan fingerprint density at radius 1 is 0.931 bits per heavy atom. The van der Waals surface area contributed by atoms with Gasteiger partial charge in [-0.05, 0) is 23.3 Å². The standard InChI is InChI=1S/C21H22N6O2/c28-27(29)19-8-6-17(7-9-19)10-22-23-20(18-4-2-1-3-5-18)21-11-24-14-25(12-21)16-26(13-21)15-24/h1-10H,11-16H2/b22-10-,23-20+. The van der Waals surface area contributed by atoms with Gasteiger partial charge in [0.15, 0.2) is 0 Å². The Labute approximate surface area is 168 Å². The van der Waals surface area contributed by atoms with E-state index in [2.05, 4.69) is 31.9 Å². The van der Waals surface area contributed by atoms with Crippen LogP contribution < -0.4 is 0 Å². The summed E-state index contributed by atoms with van der Waals surface area (Å²) >= 11 is 0. The molecule has 0 saturated carbocycles. The summed E-state index contributed by atoms with van der Waals surface area (Å²) in [6.45, 7) is 6.02. The maximum atomic E-state index is 10.8. The number of hydrogen-bond acceptors (Lipinski definition) is 7. The molecule has 0 amide bonds. The molecule has 4 aliphatic heterocycles. The van der Waals surface area contributed by atoms with Crippen molar-refractivity contribution in [2.75, 3.05) is 39.6 Å². The molecule has 0 spiro atoms. The van der Waals surface area contributed by atoms with Gasteiger partial charge in [-0.15, -0.1) is 0 Å². The number of hydrogen-bond donors (Lipinski definition) is 0. The van der Waals surface area contributed by atoms with Crippen LogP contribution >= 0.6 is 0 Å². The van der Waals surface area contributed by atoms with Crippen LogP contribution in [0.3, 0.4) is 0 Å². The summed E-state index contributed by atoms with van der Waals surface area (Å²) in [5.74, 6) is 0. The van der Waals surface area contributed by atoms with E-state index >= 15 is 0 Å². The first-order valence-corrected chi connectivity index (χ1v) is 9.70. The number of nitrogens with zero attached hydrogens (tertiary/aromatic N) is 6. The second-order valence-electron chi connectivity index (χ2n) is 8.10. The molecule has 4 fully saturated rings. The second kappa shape index (κ2) is 7.14. The molecule has 2 aromatic carbocycles. The monoisotopic (exact) mass is 390 g/mol. The smallest absolute Gasteiger partial charge is 0.269 e. The number of rotatable bonds is 5. The molecule has 8 heteroatoms. The minimum Gasteiger partial charge on any atom is -0.276 e. The fourth-order valence-electron chi connectivity index (χ4n) is 4.84. The lowest BCUT2D eigenvalue weighted by molar-refractivity contribution is -0.384. The quantitative estimate of drug-likeness (QED) is 0.444. The maximum absolute atomic E-state index is 10.8. The number of non-ortho nitro benzene ring substituents is 1. The first-order valence-electron chi connectivity index (χ1n) is 9.70. The van der Waals surface area contributed by atoms with Gasteiger partial charge in [0, 0.05) is 31.8 Å². The molecule has 4 heterocycles. The lowest BCUT2D eigenvalue weighted by atomic mass is 9.74. The number of nitro groups is 1. The average Bonchev–Trinajstić information content (AvgIpc) is 2.71. The van der Waals surface area contributed by atoms with Gasteiger partial charge in [0.05, 0.1) is 42.3 Å². The highest BCUT2D eigenvalue weighted by Crippen LogP contribution is 2.38. The van der Waals surface area contributed by atoms with Crippen molar-refractivity contribution in [1.82, 2.24) is 14.7 Å². The van der Waals surface area contributed by atoms with E-state index in [1.165, 1.54) is 12.1 Å². The van der Waals surface area contributed by atoms with Gasteiger partial charge in [-0.2, -0.15) is 10.2 Å². The normalized spacial score (nSPS) is 30.8. The molecule has 0 atom stereocenters. The van der Waals surface area contributed by atoms with Crippen molar-refractivity contribution in [2.45, 2.75) is 0 Å². The van der Waals surface area contributed by atoms with E-state index in [4.69, 9.17) is 5.10 Å². The van der Waals surface area contributed by atoms with Crippen molar-refractivity contribution < 1.29 is 4.92 Å². The molecule has 0 N–H and O–H groups in total. The molecule has 0 aliphatic carbocycles. The van der Waals surface area contributed by atoms with E-state index in [1.54, 1.807) is 18.3 Å². The summed E-state index contributed by atoms with van der Waals surface area (Å²) in [6.07, 6.45) is 1.66. The van der Waals surface area contributed by atoms with E-state index < -0.39 is 4.92 Å². The molecule has 0 radical (unpaired) electrons. The van der Waals surface area contributed by atoms with Crippen LogP contribution in [-0.4, -0.2) is 71.2 Å². The first kappa shape index (κ1) is 18.1. The van der Waals surface area contributed by atoms with Gasteiger partial charge in [-0.1, -0.05) is 30.3 Å². The highest BCUT2D eigenvalue weighted by Gasteiger charge is 2.51. The van der Waals surface area contributed by atoms with E-state index in [0.717, 1.165) is 56.5 Å².